The number of nitrogens with one attached hydrogen (secondary N) is 3. The summed E-state index contributed by atoms with van der Waals surface area (Å²) in [6.45, 7) is 6.30. The highest BCUT2D eigenvalue weighted by Gasteiger charge is 2.15. The number of non-ortho nitro benzene ring substituents is 1. The molecule has 0 aliphatic carbocycles. The molecule has 0 bridgehead atoms. The molecule has 0 aliphatic heterocycles. The lowest BCUT2D eigenvalue weighted by Gasteiger charge is -2.20. The van der Waals surface area contributed by atoms with Crippen LogP contribution in [0, 0.1) is 10.1 Å². The molecule has 3 N–H and O–H groups in total. The summed E-state index contributed by atoms with van der Waals surface area (Å²) in [6.07, 6.45) is 0.932. The van der Waals surface area contributed by atoms with E-state index >= 15 is 0 Å². The Hall–Kier alpha value is -3.42. The number of carbonyl (C=O) groups is 2. The zero-order valence-electron chi connectivity index (χ0n) is 16.8. The van der Waals surface area contributed by atoms with Gasteiger partial charge in [0.1, 0.15) is 0 Å². The molecule has 8 heteroatoms. The third-order valence-electron chi connectivity index (χ3n) is 3.91. The first-order valence-corrected chi connectivity index (χ1v) is 9.35. The molecule has 0 aromatic heterocycles. The molecule has 0 heterocycles. The summed E-state index contributed by atoms with van der Waals surface area (Å²) >= 11 is 0. The van der Waals surface area contributed by atoms with Gasteiger partial charge < -0.3 is 16.0 Å². The number of benzene rings is 2. The van der Waals surface area contributed by atoms with E-state index in [-0.39, 0.29) is 23.0 Å². The molecular weight excluding hydrogens is 372 g/mol. The Morgan fingerprint density at radius 1 is 0.966 bits per heavy atom. The van der Waals surface area contributed by atoms with Crippen LogP contribution in [0.5, 0.6) is 0 Å². The zero-order valence-corrected chi connectivity index (χ0v) is 16.8. The van der Waals surface area contributed by atoms with E-state index < -0.39 is 4.92 Å². The third-order valence-corrected chi connectivity index (χ3v) is 3.91. The maximum atomic E-state index is 12.1. The van der Waals surface area contributed by atoms with Crippen LogP contribution in [0.2, 0.25) is 0 Å². The van der Waals surface area contributed by atoms with Crippen LogP contribution in [0.25, 0.3) is 0 Å². The number of nitrogens with zero attached hydrogens (tertiary/aromatic N) is 1. The normalized spacial score (nSPS) is 10.9. The molecular formula is C21H26N4O4. The van der Waals surface area contributed by atoms with Crippen LogP contribution < -0.4 is 16.0 Å². The molecule has 154 valence electrons. The minimum absolute atomic E-state index is 0.0387. The molecule has 0 radical (unpaired) electrons. The lowest BCUT2D eigenvalue weighted by molar-refractivity contribution is -0.384. The second kappa shape index (κ2) is 9.68. The highest BCUT2D eigenvalue weighted by Crippen LogP contribution is 2.15. The fourth-order valence-electron chi connectivity index (χ4n) is 2.52. The van der Waals surface area contributed by atoms with Crippen LogP contribution in [0.4, 0.5) is 17.1 Å². The van der Waals surface area contributed by atoms with Gasteiger partial charge in [0.15, 0.2) is 0 Å². The maximum Gasteiger partial charge on any atom is 0.269 e. The van der Waals surface area contributed by atoms with Gasteiger partial charge in [0.25, 0.3) is 11.6 Å². The van der Waals surface area contributed by atoms with Gasteiger partial charge in [0, 0.05) is 47.6 Å². The van der Waals surface area contributed by atoms with E-state index in [4.69, 9.17) is 0 Å². The molecule has 0 spiro atoms. The number of hydrogen-bond donors (Lipinski definition) is 3. The Morgan fingerprint density at radius 2 is 1.55 bits per heavy atom. The standard InChI is InChI=1S/C21H26N4O4/c1-21(2,3)24-20(27)15-6-8-17(9-7-15)23-19(26)5-4-14-22-16-10-12-18(13-11-16)25(28)29/h6-13,22H,4-5,14H2,1-3H3,(H,23,26)(H,24,27). The van der Waals surface area contributed by atoms with Gasteiger partial charge in [-0.2, -0.15) is 0 Å². The lowest BCUT2D eigenvalue weighted by atomic mass is 10.1. The summed E-state index contributed by atoms with van der Waals surface area (Å²) in [6, 6.07) is 12.9. The van der Waals surface area contributed by atoms with Crippen molar-refractivity contribution < 1.29 is 14.5 Å². The summed E-state index contributed by atoms with van der Waals surface area (Å²) in [4.78, 5) is 34.3. The van der Waals surface area contributed by atoms with E-state index in [0.717, 1.165) is 5.69 Å². The van der Waals surface area contributed by atoms with Crippen molar-refractivity contribution in [2.75, 3.05) is 17.2 Å². The summed E-state index contributed by atoms with van der Waals surface area (Å²) in [5, 5.41) is 19.4. The monoisotopic (exact) mass is 398 g/mol. The van der Waals surface area contributed by atoms with E-state index in [2.05, 4.69) is 16.0 Å². The summed E-state index contributed by atoms with van der Waals surface area (Å²) in [5.41, 5.74) is 1.65. The van der Waals surface area contributed by atoms with Crippen molar-refractivity contribution in [2.24, 2.45) is 0 Å². The highest BCUT2D eigenvalue weighted by molar-refractivity contribution is 5.96. The van der Waals surface area contributed by atoms with Crippen molar-refractivity contribution in [3.63, 3.8) is 0 Å². The van der Waals surface area contributed by atoms with E-state index in [9.17, 15) is 19.7 Å². The molecule has 0 fully saturated rings. The Labute approximate surface area is 169 Å². The average Bonchev–Trinajstić information content (AvgIpc) is 2.65. The maximum absolute atomic E-state index is 12.1. The fourth-order valence-corrected chi connectivity index (χ4v) is 2.52. The second-order valence-corrected chi connectivity index (χ2v) is 7.66. The summed E-state index contributed by atoms with van der Waals surface area (Å²) in [5.74, 6) is -0.282. The van der Waals surface area contributed by atoms with Gasteiger partial charge in [-0.25, -0.2) is 0 Å². The molecule has 0 unspecified atom stereocenters. The Balaban J connectivity index is 1.73. The van der Waals surface area contributed by atoms with E-state index in [1.54, 1.807) is 36.4 Å². The van der Waals surface area contributed by atoms with Crippen LogP contribution in [-0.4, -0.2) is 28.8 Å². The Kier molecular flexibility index (Phi) is 7.30. The minimum Gasteiger partial charge on any atom is -0.385 e. The van der Waals surface area contributed by atoms with Gasteiger partial charge in [-0.1, -0.05) is 0 Å². The predicted molar refractivity (Wildman–Crippen MR) is 113 cm³/mol. The van der Waals surface area contributed by atoms with Gasteiger partial charge in [0.2, 0.25) is 5.91 Å². The SMILES string of the molecule is CC(C)(C)NC(=O)c1ccc(NC(=O)CCCNc2ccc([N+](=O)[O-])cc2)cc1. The molecule has 0 aliphatic rings. The Morgan fingerprint density at radius 3 is 2.10 bits per heavy atom. The van der Waals surface area contributed by atoms with Crippen molar-refractivity contribution in [3.8, 4) is 0 Å². The van der Waals surface area contributed by atoms with Gasteiger partial charge in [0.05, 0.1) is 4.92 Å². The summed E-state index contributed by atoms with van der Waals surface area (Å²) < 4.78 is 0. The fraction of sp³-hybridized carbons (Fsp3) is 0.333. The first kappa shape index (κ1) is 21.9. The first-order chi connectivity index (χ1) is 13.6. The van der Waals surface area contributed by atoms with Crippen LogP contribution in [0.15, 0.2) is 48.5 Å². The first-order valence-electron chi connectivity index (χ1n) is 9.35. The highest BCUT2D eigenvalue weighted by atomic mass is 16.6. The van der Waals surface area contributed by atoms with Crippen LogP contribution in [-0.2, 0) is 4.79 Å². The van der Waals surface area contributed by atoms with Crippen molar-refractivity contribution >= 4 is 28.9 Å². The zero-order chi connectivity index (χ0) is 21.4. The number of hydrogen-bond acceptors (Lipinski definition) is 5. The molecule has 2 aromatic rings. The quantitative estimate of drug-likeness (QED) is 0.354. The van der Waals surface area contributed by atoms with Crippen molar-refractivity contribution in [1.29, 1.82) is 0 Å². The molecule has 0 saturated heterocycles. The molecule has 8 nitrogen and oxygen atoms in total. The number of carbonyl (C=O) groups excluding carboxylic acids is 2. The van der Waals surface area contributed by atoms with E-state index in [1.807, 2.05) is 20.8 Å². The smallest absolute Gasteiger partial charge is 0.269 e. The number of nitro groups is 1. The topological polar surface area (TPSA) is 113 Å². The van der Waals surface area contributed by atoms with Crippen LogP contribution in [0.3, 0.4) is 0 Å². The molecule has 2 rings (SSSR count). The second-order valence-electron chi connectivity index (χ2n) is 7.66. The minimum atomic E-state index is -0.447. The molecule has 2 amide bonds. The van der Waals surface area contributed by atoms with Gasteiger partial charge >= 0.3 is 0 Å². The molecule has 0 atom stereocenters. The number of anilines is 2. The molecule has 29 heavy (non-hydrogen) atoms. The molecule has 2 aromatic carbocycles. The average molecular weight is 398 g/mol. The molecule has 0 saturated carbocycles. The lowest BCUT2D eigenvalue weighted by Crippen LogP contribution is -2.40. The van der Waals surface area contributed by atoms with Crippen molar-refractivity contribution in [2.45, 2.75) is 39.2 Å². The number of amides is 2. The van der Waals surface area contributed by atoms with Crippen LogP contribution >= 0.6 is 0 Å². The Bertz CT molecular complexity index is 856. The summed E-state index contributed by atoms with van der Waals surface area (Å²) in [7, 11) is 0. The third kappa shape index (κ3) is 7.61. The van der Waals surface area contributed by atoms with Gasteiger partial charge in [-0.05, 0) is 63.6 Å². The predicted octanol–water partition coefficient (Wildman–Crippen LogP) is 3.95. The van der Waals surface area contributed by atoms with Gasteiger partial charge in [-0.15, -0.1) is 0 Å². The van der Waals surface area contributed by atoms with Crippen LogP contribution in [0.1, 0.15) is 44.0 Å². The number of rotatable bonds is 8. The number of nitro benzene ring substituents is 1. The van der Waals surface area contributed by atoms with Crippen molar-refractivity contribution in [1.82, 2.24) is 5.32 Å². The van der Waals surface area contributed by atoms with Crippen molar-refractivity contribution in [3.05, 3.63) is 64.2 Å². The van der Waals surface area contributed by atoms with E-state index in [1.165, 1.54) is 12.1 Å². The van der Waals surface area contributed by atoms with Gasteiger partial charge in [-0.3, -0.25) is 19.7 Å². The largest absolute Gasteiger partial charge is 0.385 e. The van der Waals surface area contributed by atoms with E-state index in [0.29, 0.717) is 30.6 Å².